The molecule has 0 atom stereocenters. The molecule has 0 aromatic carbocycles. The first-order valence-electron chi connectivity index (χ1n) is 5.89. The molecular weight excluding hydrogens is 202 g/mol. The van der Waals surface area contributed by atoms with Gasteiger partial charge in [0.05, 0.1) is 12.2 Å². The highest BCUT2D eigenvalue weighted by Crippen LogP contribution is 2.12. The van der Waals surface area contributed by atoms with Gasteiger partial charge in [0.2, 0.25) is 5.91 Å². The van der Waals surface area contributed by atoms with Gasteiger partial charge in [-0.05, 0) is 32.0 Å². The molecule has 0 radical (unpaired) electrons. The zero-order valence-corrected chi connectivity index (χ0v) is 9.78. The molecule has 1 amide bonds. The van der Waals surface area contributed by atoms with E-state index in [0.29, 0.717) is 6.54 Å². The number of rotatable bonds is 3. The van der Waals surface area contributed by atoms with Crippen molar-refractivity contribution in [1.82, 2.24) is 9.88 Å². The maximum Gasteiger partial charge on any atom is 0.240 e. The summed E-state index contributed by atoms with van der Waals surface area (Å²) < 4.78 is 0. The third-order valence-corrected chi connectivity index (χ3v) is 3.15. The smallest absolute Gasteiger partial charge is 0.240 e. The molecule has 0 aliphatic carbocycles. The largest absolute Gasteiger partial charge is 0.366 e. The Kier molecular flexibility index (Phi) is 3.62. The molecule has 1 aromatic heterocycles. The van der Waals surface area contributed by atoms with E-state index < -0.39 is 0 Å². The molecule has 1 saturated heterocycles. The molecule has 0 spiro atoms. The SMILES string of the molecule is CN(C(=O)CN1CCCCC1)c1cc[nH]c1. The monoisotopic (exact) mass is 221 g/mol. The summed E-state index contributed by atoms with van der Waals surface area (Å²) in [5.41, 5.74) is 0.932. The maximum absolute atomic E-state index is 12.0. The van der Waals surface area contributed by atoms with E-state index >= 15 is 0 Å². The first-order valence-corrected chi connectivity index (χ1v) is 5.89. The van der Waals surface area contributed by atoms with Crippen LogP contribution in [0.15, 0.2) is 18.5 Å². The summed E-state index contributed by atoms with van der Waals surface area (Å²) in [6, 6.07) is 1.91. The van der Waals surface area contributed by atoms with Gasteiger partial charge in [-0.2, -0.15) is 0 Å². The molecule has 0 saturated carbocycles. The maximum atomic E-state index is 12.0. The van der Waals surface area contributed by atoms with Crippen LogP contribution in [-0.2, 0) is 4.79 Å². The zero-order valence-electron chi connectivity index (χ0n) is 9.78. The number of nitrogens with zero attached hydrogens (tertiary/aromatic N) is 2. The van der Waals surface area contributed by atoms with E-state index in [1.165, 1.54) is 19.3 Å². The molecule has 0 unspecified atom stereocenters. The number of H-pyrrole nitrogens is 1. The number of amides is 1. The average Bonchev–Trinajstić information content (AvgIpc) is 2.83. The predicted octanol–water partition coefficient (Wildman–Crippen LogP) is 1.46. The van der Waals surface area contributed by atoms with Gasteiger partial charge in [0.15, 0.2) is 0 Å². The van der Waals surface area contributed by atoms with E-state index in [2.05, 4.69) is 9.88 Å². The quantitative estimate of drug-likeness (QED) is 0.839. The molecule has 2 heterocycles. The fraction of sp³-hybridized carbons (Fsp3) is 0.583. The highest BCUT2D eigenvalue weighted by Gasteiger charge is 2.17. The van der Waals surface area contributed by atoms with Gasteiger partial charge in [-0.15, -0.1) is 0 Å². The number of nitrogens with one attached hydrogen (secondary N) is 1. The number of aromatic amines is 1. The Morgan fingerprint density at radius 2 is 2.19 bits per heavy atom. The van der Waals surface area contributed by atoms with E-state index in [9.17, 15) is 4.79 Å². The van der Waals surface area contributed by atoms with Gasteiger partial charge in [-0.25, -0.2) is 0 Å². The molecule has 4 heteroatoms. The van der Waals surface area contributed by atoms with Crippen molar-refractivity contribution in [2.75, 3.05) is 31.6 Å². The van der Waals surface area contributed by atoms with E-state index in [0.717, 1.165) is 18.8 Å². The lowest BCUT2D eigenvalue weighted by molar-refractivity contribution is -0.119. The van der Waals surface area contributed by atoms with Crippen LogP contribution in [-0.4, -0.2) is 42.5 Å². The van der Waals surface area contributed by atoms with Crippen molar-refractivity contribution in [2.24, 2.45) is 0 Å². The second-order valence-corrected chi connectivity index (χ2v) is 4.36. The van der Waals surface area contributed by atoms with Crippen molar-refractivity contribution in [2.45, 2.75) is 19.3 Å². The second-order valence-electron chi connectivity index (χ2n) is 4.36. The number of likely N-dealkylation sites (N-methyl/N-ethyl adjacent to an activating group) is 1. The molecule has 88 valence electrons. The molecule has 4 nitrogen and oxygen atoms in total. The van der Waals surface area contributed by atoms with Crippen molar-refractivity contribution in [3.05, 3.63) is 18.5 Å². The third-order valence-electron chi connectivity index (χ3n) is 3.15. The second kappa shape index (κ2) is 5.16. The fourth-order valence-corrected chi connectivity index (χ4v) is 2.08. The minimum absolute atomic E-state index is 0.168. The van der Waals surface area contributed by atoms with E-state index in [1.807, 2.05) is 25.5 Å². The molecular formula is C12H19N3O. The number of hydrogen-bond donors (Lipinski definition) is 1. The van der Waals surface area contributed by atoms with E-state index in [4.69, 9.17) is 0 Å². The van der Waals surface area contributed by atoms with Gasteiger partial charge in [0, 0.05) is 19.4 Å². The van der Waals surface area contributed by atoms with Crippen LogP contribution >= 0.6 is 0 Å². The molecule has 1 aliphatic rings. The van der Waals surface area contributed by atoms with Gasteiger partial charge in [-0.3, -0.25) is 9.69 Å². The Morgan fingerprint density at radius 1 is 1.44 bits per heavy atom. The number of piperidine rings is 1. The van der Waals surface area contributed by atoms with Crippen LogP contribution < -0.4 is 4.90 Å². The predicted molar refractivity (Wildman–Crippen MR) is 64.5 cm³/mol. The van der Waals surface area contributed by atoms with Crippen LogP contribution in [0.25, 0.3) is 0 Å². The average molecular weight is 221 g/mol. The lowest BCUT2D eigenvalue weighted by atomic mass is 10.1. The van der Waals surface area contributed by atoms with Gasteiger partial charge in [-0.1, -0.05) is 6.42 Å². The molecule has 0 bridgehead atoms. The third kappa shape index (κ3) is 2.64. The van der Waals surface area contributed by atoms with Crippen LogP contribution in [0.5, 0.6) is 0 Å². The van der Waals surface area contributed by atoms with Crippen molar-refractivity contribution < 1.29 is 4.79 Å². The number of hydrogen-bond acceptors (Lipinski definition) is 2. The van der Waals surface area contributed by atoms with Gasteiger partial charge < -0.3 is 9.88 Å². The minimum Gasteiger partial charge on any atom is -0.366 e. The van der Waals surface area contributed by atoms with Crippen LogP contribution in [0.2, 0.25) is 0 Å². The van der Waals surface area contributed by atoms with Crippen LogP contribution in [0.4, 0.5) is 5.69 Å². The lowest BCUT2D eigenvalue weighted by Crippen LogP contribution is -2.40. The van der Waals surface area contributed by atoms with E-state index in [1.54, 1.807) is 4.90 Å². The lowest BCUT2D eigenvalue weighted by Gasteiger charge is -2.27. The topological polar surface area (TPSA) is 39.3 Å². The van der Waals surface area contributed by atoms with Crippen LogP contribution in [0, 0.1) is 0 Å². The summed E-state index contributed by atoms with van der Waals surface area (Å²) in [5.74, 6) is 0.168. The Labute approximate surface area is 96.2 Å². The summed E-state index contributed by atoms with van der Waals surface area (Å²) in [6.45, 7) is 2.67. The van der Waals surface area contributed by atoms with Crippen molar-refractivity contribution >= 4 is 11.6 Å². The molecule has 1 fully saturated rings. The number of carbonyl (C=O) groups is 1. The Morgan fingerprint density at radius 3 is 2.81 bits per heavy atom. The molecule has 1 aromatic rings. The first-order chi connectivity index (χ1) is 7.77. The minimum atomic E-state index is 0.168. The molecule has 1 aliphatic heterocycles. The summed E-state index contributed by atoms with van der Waals surface area (Å²) in [4.78, 5) is 18.9. The zero-order chi connectivity index (χ0) is 11.4. The van der Waals surface area contributed by atoms with Gasteiger partial charge in [0.1, 0.15) is 0 Å². The summed E-state index contributed by atoms with van der Waals surface area (Å²) in [6.07, 6.45) is 7.43. The Hall–Kier alpha value is -1.29. The van der Waals surface area contributed by atoms with Crippen LogP contribution in [0.1, 0.15) is 19.3 Å². The van der Waals surface area contributed by atoms with Crippen molar-refractivity contribution in [3.8, 4) is 0 Å². The number of anilines is 1. The molecule has 16 heavy (non-hydrogen) atoms. The first kappa shape index (κ1) is 11.2. The van der Waals surface area contributed by atoms with Gasteiger partial charge >= 0.3 is 0 Å². The number of carbonyl (C=O) groups excluding carboxylic acids is 1. The normalized spacial score (nSPS) is 17.3. The molecule has 1 N–H and O–H groups in total. The summed E-state index contributed by atoms with van der Waals surface area (Å²) in [7, 11) is 1.83. The Balaban J connectivity index is 1.87. The summed E-state index contributed by atoms with van der Waals surface area (Å²) >= 11 is 0. The number of aromatic nitrogens is 1. The molecule has 2 rings (SSSR count). The van der Waals surface area contributed by atoms with Crippen molar-refractivity contribution in [1.29, 1.82) is 0 Å². The highest BCUT2D eigenvalue weighted by atomic mass is 16.2. The summed E-state index contributed by atoms with van der Waals surface area (Å²) in [5, 5.41) is 0. The highest BCUT2D eigenvalue weighted by molar-refractivity contribution is 5.94. The van der Waals surface area contributed by atoms with Crippen LogP contribution in [0.3, 0.4) is 0 Å². The standard InChI is InChI=1S/C12H19N3O/c1-14(11-5-6-13-9-11)12(16)10-15-7-3-2-4-8-15/h5-6,9,13H,2-4,7-8,10H2,1H3. The number of likely N-dealkylation sites (tertiary alicyclic amines) is 1. The van der Waals surface area contributed by atoms with Crippen molar-refractivity contribution in [3.63, 3.8) is 0 Å². The fourth-order valence-electron chi connectivity index (χ4n) is 2.08. The van der Waals surface area contributed by atoms with E-state index in [-0.39, 0.29) is 5.91 Å². The Bertz CT molecular complexity index is 328. The van der Waals surface area contributed by atoms with Gasteiger partial charge in [0.25, 0.3) is 0 Å².